The number of rotatable bonds is 20. The zero-order valence-electron chi connectivity index (χ0n) is 27.4. The van der Waals surface area contributed by atoms with E-state index in [4.69, 9.17) is 28.4 Å². The highest BCUT2D eigenvalue weighted by Gasteiger charge is 2.37. The van der Waals surface area contributed by atoms with E-state index in [9.17, 15) is 14.4 Å². The van der Waals surface area contributed by atoms with Gasteiger partial charge in [0.15, 0.2) is 24.4 Å². The number of hydrogen-bond donors (Lipinski definition) is 0. The summed E-state index contributed by atoms with van der Waals surface area (Å²) in [5.41, 5.74) is 1.79. The molecule has 0 saturated heterocycles. The molecule has 0 aliphatic rings. The van der Waals surface area contributed by atoms with Gasteiger partial charge in [0.2, 0.25) is 0 Å². The molecule has 0 bridgehead atoms. The predicted molar refractivity (Wildman–Crippen MR) is 184 cm³/mol. The Kier molecular flexibility index (Phi) is 16.9. The molecule has 0 saturated carbocycles. The standard InChI is InChI=1S/C36H44O9S2/c1-6-46-30(47-7-2)23-28(44-35(38)32(41-4)26-19-13-9-14-20-26)29(45-36(39)33(42-5)27-21-15-10-16-22-27)24-43-34(37)31(40-3)25-17-11-8-12-18-25/h8-22,28-33H,6-7,23-24H2,1-5H3/t28-,29+,31-,32-,33-/m0/s1. The second kappa shape index (κ2) is 20.8. The van der Waals surface area contributed by atoms with Crippen LogP contribution in [0, 0.1) is 0 Å². The first-order valence-corrected chi connectivity index (χ1v) is 17.5. The number of methoxy groups -OCH3 is 3. The Balaban J connectivity index is 1.97. The van der Waals surface area contributed by atoms with Crippen LogP contribution in [0.2, 0.25) is 0 Å². The first-order valence-electron chi connectivity index (χ1n) is 15.4. The Morgan fingerprint density at radius 3 is 1.28 bits per heavy atom. The van der Waals surface area contributed by atoms with Gasteiger partial charge in [0.05, 0.1) is 4.58 Å². The third kappa shape index (κ3) is 11.7. The molecule has 0 aliphatic heterocycles. The van der Waals surface area contributed by atoms with Crippen molar-refractivity contribution in [3.63, 3.8) is 0 Å². The normalized spacial score (nSPS) is 14.4. The zero-order chi connectivity index (χ0) is 34.0. The lowest BCUT2D eigenvalue weighted by Crippen LogP contribution is -2.42. The molecule has 3 rings (SSSR count). The number of ether oxygens (including phenoxy) is 6. The molecule has 9 nitrogen and oxygen atoms in total. The van der Waals surface area contributed by atoms with Crippen molar-refractivity contribution in [2.24, 2.45) is 0 Å². The van der Waals surface area contributed by atoms with Crippen LogP contribution in [0.4, 0.5) is 0 Å². The number of esters is 3. The molecule has 3 aromatic carbocycles. The highest BCUT2D eigenvalue weighted by atomic mass is 32.2. The number of thioether (sulfide) groups is 2. The monoisotopic (exact) mass is 684 g/mol. The summed E-state index contributed by atoms with van der Waals surface area (Å²) >= 11 is 3.38. The second-order valence-electron chi connectivity index (χ2n) is 10.2. The lowest BCUT2D eigenvalue weighted by atomic mass is 10.1. The van der Waals surface area contributed by atoms with E-state index in [1.165, 1.54) is 21.3 Å². The summed E-state index contributed by atoms with van der Waals surface area (Å²) in [7, 11) is 4.24. The third-order valence-corrected chi connectivity index (χ3v) is 9.74. The summed E-state index contributed by atoms with van der Waals surface area (Å²) in [5.74, 6) is -0.439. The smallest absolute Gasteiger partial charge is 0.340 e. The fourth-order valence-corrected chi connectivity index (χ4v) is 7.49. The van der Waals surface area contributed by atoms with Crippen LogP contribution in [0.1, 0.15) is 55.3 Å². The molecule has 47 heavy (non-hydrogen) atoms. The van der Waals surface area contributed by atoms with E-state index in [1.807, 2.05) is 32.0 Å². The van der Waals surface area contributed by atoms with Crippen LogP contribution in [-0.4, -0.2) is 74.1 Å². The molecule has 0 aliphatic carbocycles. The molecule has 11 heteroatoms. The predicted octanol–water partition coefficient (Wildman–Crippen LogP) is 6.74. The summed E-state index contributed by atoms with van der Waals surface area (Å²) in [6.45, 7) is 3.69. The zero-order valence-corrected chi connectivity index (χ0v) is 29.1. The largest absolute Gasteiger partial charge is 0.459 e. The van der Waals surface area contributed by atoms with Crippen molar-refractivity contribution in [3.05, 3.63) is 108 Å². The van der Waals surface area contributed by atoms with Crippen LogP contribution < -0.4 is 0 Å². The van der Waals surface area contributed by atoms with Gasteiger partial charge in [-0.25, -0.2) is 14.4 Å². The van der Waals surface area contributed by atoms with Crippen LogP contribution in [0.15, 0.2) is 91.0 Å². The van der Waals surface area contributed by atoms with Crippen molar-refractivity contribution >= 4 is 41.4 Å². The number of carbonyl (C=O) groups excluding carboxylic acids is 3. The number of hydrogen-bond acceptors (Lipinski definition) is 11. The molecule has 254 valence electrons. The molecule has 0 amide bonds. The van der Waals surface area contributed by atoms with E-state index < -0.39 is 55.0 Å². The maximum atomic E-state index is 13.7. The minimum Gasteiger partial charge on any atom is -0.459 e. The first-order chi connectivity index (χ1) is 22.9. The fraction of sp³-hybridized carbons (Fsp3) is 0.417. The van der Waals surface area contributed by atoms with Crippen LogP contribution >= 0.6 is 23.5 Å². The average molecular weight is 685 g/mol. The van der Waals surface area contributed by atoms with Crippen LogP contribution in [0.25, 0.3) is 0 Å². The van der Waals surface area contributed by atoms with Gasteiger partial charge in [-0.2, -0.15) is 0 Å². The lowest BCUT2D eigenvalue weighted by molar-refractivity contribution is -0.188. The van der Waals surface area contributed by atoms with Gasteiger partial charge < -0.3 is 28.4 Å². The Bertz CT molecular complexity index is 1340. The first kappa shape index (κ1) is 38.1. The second-order valence-corrected chi connectivity index (χ2v) is 13.5. The highest BCUT2D eigenvalue weighted by Crippen LogP contribution is 2.32. The van der Waals surface area contributed by atoms with Gasteiger partial charge in [-0.3, -0.25) is 0 Å². The topological polar surface area (TPSA) is 107 Å². The Labute approximate surface area is 286 Å². The molecular formula is C36H44O9S2. The molecule has 0 aromatic heterocycles. The van der Waals surface area contributed by atoms with Gasteiger partial charge >= 0.3 is 17.9 Å². The van der Waals surface area contributed by atoms with E-state index >= 15 is 0 Å². The summed E-state index contributed by atoms with van der Waals surface area (Å²) in [6, 6.07) is 26.8. The summed E-state index contributed by atoms with van der Waals surface area (Å²) < 4.78 is 34.5. The van der Waals surface area contributed by atoms with E-state index in [0.717, 1.165) is 11.5 Å². The minimum atomic E-state index is -1.18. The Hall–Kier alpha value is -3.35. The van der Waals surface area contributed by atoms with Crippen molar-refractivity contribution in [1.29, 1.82) is 0 Å². The lowest BCUT2D eigenvalue weighted by Gasteiger charge is -2.31. The average Bonchev–Trinajstić information content (AvgIpc) is 3.09. The molecule has 0 N–H and O–H groups in total. The van der Waals surface area contributed by atoms with Crippen molar-refractivity contribution in [2.45, 2.75) is 55.4 Å². The van der Waals surface area contributed by atoms with Crippen molar-refractivity contribution in [1.82, 2.24) is 0 Å². The summed E-state index contributed by atoms with van der Waals surface area (Å²) in [4.78, 5) is 40.7. The summed E-state index contributed by atoms with van der Waals surface area (Å²) in [6.07, 6.45) is -4.99. The van der Waals surface area contributed by atoms with Crippen molar-refractivity contribution in [2.75, 3.05) is 39.4 Å². The van der Waals surface area contributed by atoms with E-state index in [2.05, 4.69) is 0 Å². The van der Waals surface area contributed by atoms with E-state index in [0.29, 0.717) is 23.1 Å². The van der Waals surface area contributed by atoms with Gasteiger partial charge in [0.1, 0.15) is 12.7 Å². The minimum absolute atomic E-state index is 0.0131. The molecular weight excluding hydrogens is 641 g/mol. The summed E-state index contributed by atoms with van der Waals surface area (Å²) in [5, 5.41) is 0. The van der Waals surface area contributed by atoms with E-state index in [-0.39, 0.29) is 4.58 Å². The van der Waals surface area contributed by atoms with Gasteiger partial charge in [0, 0.05) is 27.8 Å². The molecule has 0 fully saturated rings. The Morgan fingerprint density at radius 1 is 0.553 bits per heavy atom. The Morgan fingerprint density at radius 2 is 0.915 bits per heavy atom. The van der Waals surface area contributed by atoms with Crippen LogP contribution in [-0.2, 0) is 42.8 Å². The van der Waals surface area contributed by atoms with Gasteiger partial charge in [-0.1, -0.05) is 105 Å². The van der Waals surface area contributed by atoms with Crippen LogP contribution in [0.3, 0.4) is 0 Å². The van der Waals surface area contributed by atoms with Gasteiger partial charge in [-0.15, -0.1) is 23.5 Å². The fourth-order valence-electron chi connectivity index (χ4n) is 4.89. The van der Waals surface area contributed by atoms with E-state index in [1.54, 1.807) is 96.3 Å². The SMILES string of the molecule is CCSC(C[C@H](OC(=O)[C@@H](OC)c1ccccc1)[C@@H](COC(=O)[C@@H](OC)c1ccccc1)OC(=O)[C@@H](OC)c1ccccc1)SCC. The quantitative estimate of drug-likeness (QED) is 0.0718. The molecule has 0 radical (unpaired) electrons. The van der Waals surface area contributed by atoms with Gasteiger partial charge in [0.25, 0.3) is 0 Å². The molecule has 3 aromatic rings. The maximum absolute atomic E-state index is 13.7. The molecule has 0 spiro atoms. The van der Waals surface area contributed by atoms with Crippen LogP contribution in [0.5, 0.6) is 0 Å². The van der Waals surface area contributed by atoms with Crippen molar-refractivity contribution < 1.29 is 42.8 Å². The molecule has 0 heterocycles. The number of carbonyl (C=O) groups is 3. The maximum Gasteiger partial charge on any atom is 0.340 e. The van der Waals surface area contributed by atoms with Gasteiger partial charge in [-0.05, 0) is 28.2 Å². The third-order valence-electron chi connectivity index (χ3n) is 7.13. The highest BCUT2D eigenvalue weighted by molar-refractivity contribution is 8.16. The molecule has 5 atom stereocenters. The molecule has 0 unspecified atom stereocenters. The van der Waals surface area contributed by atoms with Crippen molar-refractivity contribution in [3.8, 4) is 0 Å². The number of benzene rings is 3.